The van der Waals surface area contributed by atoms with Crippen LogP contribution in [0.1, 0.15) is 11.7 Å². The summed E-state index contributed by atoms with van der Waals surface area (Å²) in [4.78, 5) is 13.2. The fourth-order valence-electron chi connectivity index (χ4n) is 0.831. The summed E-state index contributed by atoms with van der Waals surface area (Å²) in [5, 5.41) is 19.6. The Hall–Kier alpha value is -1.20. The van der Waals surface area contributed by atoms with Gasteiger partial charge in [-0.2, -0.15) is 0 Å². The smallest absolute Gasteiger partial charge is 0.233 e. The van der Waals surface area contributed by atoms with E-state index in [1.807, 2.05) is 0 Å². The number of pyridine rings is 1. The highest BCUT2D eigenvalue weighted by molar-refractivity contribution is 6.29. The zero-order chi connectivity index (χ0) is 9.84. The van der Waals surface area contributed by atoms with Crippen molar-refractivity contribution in [3.8, 4) is 0 Å². The summed E-state index contributed by atoms with van der Waals surface area (Å²) in [6.07, 6.45) is 0.191. The Morgan fingerprint density at radius 2 is 2.38 bits per heavy atom. The first-order chi connectivity index (χ1) is 6.09. The summed E-state index contributed by atoms with van der Waals surface area (Å²) >= 11 is 5.50. The second-order valence-electron chi connectivity index (χ2n) is 2.45. The van der Waals surface area contributed by atoms with Crippen LogP contribution >= 0.6 is 11.6 Å². The maximum absolute atomic E-state index is 10.0. The van der Waals surface area contributed by atoms with Gasteiger partial charge in [0.15, 0.2) is 0 Å². The lowest BCUT2D eigenvalue weighted by molar-refractivity contribution is -0.491. The number of nitro groups is 1. The Morgan fingerprint density at radius 3 is 2.85 bits per heavy atom. The van der Waals surface area contributed by atoms with E-state index in [1.165, 1.54) is 18.3 Å². The lowest BCUT2D eigenvalue weighted by Crippen LogP contribution is -2.11. The fourth-order valence-corrected chi connectivity index (χ4v) is 0.943. The van der Waals surface area contributed by atoms with Crippen molar-refractivity contribution >= 4 is 11.6 Å². The molecular weight excluding hydrogens is 196 g/mol. The minimum Gasteiger partial charge on any atom is -0.381 e. The van der Waals surface area contributed by atoms with Gasteiger partial charge < -0.3 is 5.11 Å². The topological polar surface area (TPSA) is 76.3 Å². The molecule has 1 heterocycles. The van der Waals surface area contributed by atoms with Gasteiger partial charge >= 0.3 is 0 Å². The van der Waals surface area contributed by atoms with Crippen LogP contribution < -0.4 is 0 Å². The zero-order valence-corrected chi connectivity index (χ0v) is 7.31. The van der Waals surface area contributed by atoms with Crippen LogP contribution in [-0.2, 0) is 0 Å². The standard InChI is InChI=1S/C7H7ClN2O3/c8-7-2-1-5(3-9-7)6(11)4-10(12)13/h1-3,6,11H,4H2/t6-/m1/s1. The van der Waals surface area contributed by atoms with E-state index in [0.29, 0.717) is 5.56 Å². The normalized spacial score (nSPS) is 12.5. The molecule has 0 unspecified atom stereocenters. The molecule has 0 aliphatic heterocycles. The van der Waals surface area contributed by atoms with Gasteiger partial charge in [0.05, 0.1) is 0 Å². The molecule has 0 amide bonds. The molecular formula is C7H7ClN2O3. The fraction of sp³-hybridized carbons (Fsp3) is 0.286. The molecule has 0 aromatic carbocycles. The van der Waals surface area contributed by atoms with Gasteiger partial charge in [0.25, 0.3) is 0 Å². The number of aliphatic hydroxyl groups excluding tert-OH is 1. The molecule has 0 radical (unpaired) electrons. The van der Waals surface area contributed by atoms with Crippen LogP contribution in [0.15, 0.2) is 18.3 Å². The third-order valence-electron chi connectivity index (χ3n) is 1.46. The molecule has 0 aliphatic carbocycles. The van der Waals surface area contributed by atoms with Crippen LogP contribution in [0.25, 0.3) is 0 Å². The van der Waals surface area contributed by atoms with E-state index in [-0.39, 0.29) is 5.15 Å². The Balaban J connectivity index is 2.71. The average molecular weight is 203 g/mol. The van der Waals surface area contributed by atoms with Crippen molar-refractivity contribution in [3.05, 3.63) is 39.2 Å². The molecule has 6 heteroatoms. The molecule has 1 aromatic rings. The Kier molecular flexibility index (Phi) is 3.16. The molecule has 0 aliphatic rings. The quantitative estimate of drug-likeness (QED) is 0.452. The highest BCUT2D eigenvalue weighted by Gasteiger charge is 2.13. The number of nitrogens with zero attached hydrogens (tertiary/aromatic N) is 2. The van der Waals surface area contributed by atoms with Crippen molar-refractivity contribution < 1.29 is 10.0 Å². The van der Waals surface area contributed by atoms with Crippen LogP contribution in [-0.4, -0.2) is 21.6 Å². The summed E-state index contributed by atoms with van der Waals surface area (Å²) in [5.74, 6) is 0. The number of halogens is 1. The lowest BCUT2D eigenvalue weighted by Gasteiger charge is -2.04. The molecule has 0 bridgehead atoms. The van der Waals surface area contributed by atoms with Crippen LogP contribution in [0.5, 0.6) is 0 Å². The molecule has 1 N–H and O–H groups in total. The average Bonchev–Trinajstić information content (AvgIpc) is 2.04. The molecule has 0 saturated carbocycles. The van der Waals surface area contributed by atoms with Gasteiger partial charge in [0.1, 0.15) is 11.3 Å². The first-order valence-electron chi connectivity index (χ1n) is 3.51. The van der Waals surface area contributed by atoms with E-state index < -0.39 is 17.6 Å². The van der Waals surface area contributed by atoms with E-state index in [1.54, 1.807) is 0 Å². The predicted octanol–water partition coefficient (Wildman–Crippen LogP) is 1.05. The van der Waals surface area contributed by atoms with Gasteiger partial charge in [0, 0.05) is 16.7 Å². The number of hydrogen-bond donors (Lipinski definition) is 1. The summed E-state index contributed by atoms with van der Waals surface area (Å²) in [5.41, 5.74) is 0.390. The molecule has 5 nitrogen and oxygen atoms in total. The molecule has 1 rings (SSSR count). The molecule has 1 aromatic heterocycles. The van der Waals surface area contributed by atoms with Gasteiger partial charge in [-0.3, -0.25) is 10.1 Å². The van der Waals surface area contributed by atoms with Crippen LogP contribution in [0, 0.1) is 10.1 Å². The summed E-state index contributed by atoms with van der Waals surface area (Å²) in [6, 6.07) is 2.98. The van der Waals surface area contributed by atoms with Crippen molar-refractivity contribution in [3.63, 3.8) is 0 Å². The van der Waals surface area contributed by atoms with Crippen molar-refractivity contribution in [1.29, 1.82) is 0 Å². The van der Waals surface area contributed by atoms with Crippen molar-refractivity contribution in [1.82, 2.24) is 4.98 Å². The lowest BCUT2D eigenvalue weighted by atomic mass is 10.2. The predicted molar refractivity (Wildman–Crippen MR) is 46.1 cm³/mol. The highest BCUT2D eigenvalue weighted by Crippen LogP contribution is 2.13. The second-order valence-corrected chi connectivity index (χ2v) is 2.83. The third-order valence-corrected chi connectivity index (χ3v) is 1.68. The maximum atomic E-state index is 10.0. The van der Waals surface area contributed by atoms with Crippen LogP contribution in [0.2, 0.25) is 5.15 Å². The second kappa shape index (κ2) is 4.15. The van der Waals surface area contributed by atoms with Gasteiger partial charge in [-0.05, 0) is 6.07 Å². The highest BCUT2D eigenvalue weighted by atomic mass is 35.5. The van der Waals surface area contributed by atoms with Crippen LogP contribution in [0.4, 0.5) is 0 Å². The van der Waals surface area contributed by atoms with E-state index in [0.717, 1.165) is 0 Å². The Labute approximate surface area is 79.1 Å². The number of hydrogen-bond acceptors (Lipinski definition) is 4. The summed E-state index contributed by atoms with van der Waals surface area (Å²) in [7, 11) is 0. The molecule has 1 atom stereocenters. The van der Waals surface area contributed by atoms with Gasteiger partial charge in [0.2, 0.25) is 6.54 Å². The molecule has 70 valence electrons. The van der Waals surface area contributed by atoms with Gasteiger partial charge in [-0.1, -0.05) is 17.7 Å². The van der Waals surface area contributed by atoms with Crippen molar-refractivity contribution in [2.75, 3.05) is 6.54 Å². The van der Waals surface area contributed by atoms with Gasteiger partial charge in [-0.15, -0.1) is 0 Å². The van der Waals surface area contributed by atoms with E-state index in [4.69, 9.17) is 11.6 Å². The number of aromatic nitrogens is 1. The summed E-state index contributed by atoms with van der Waals surface area (Å²) < 4.78 is 0. The molecule has 0 spiro atoms. The third kappa shape index (κ3) is 2.96. The van der Waals surface area contributed by atoms with Crippen molar-refractivity contribution in [2.45, 2.75) is 6.10 Å². The number of rotatable bonds is 3. The minimum absolute atomic E-state index is 0.289. The SMILES string of the molecule is O=[N+]([O-])C[C@@H](O)c1ccc(Cl)nc1. The van der Waals surface area contributed by atoms with Crippen molar-refractivity contribution in [2.24, 2.45) is 0 Å². The molecule has 13 heavy (non-hydrogen) atoms. The van der Waals surface area contributed by atoms with E-state index in [9.17, 15) is 15.2 Å². The van der Waals surface area contributed by atoms with E-state index in [2.05, 4.69) is 4.98 Å². The first kappa shape index (κ1) is 9.88. The largest absolute Gasteiger partial charge is 0.381 e. The Morgan fingerprint density at radius 1 is 1.69 bits per heavy atom. The van der Waals surface area contributed by atoms with Gasteiger partial charge in [-0.25, -0.2) is 4.98 Å². The van der Waals surface area contributed by atoms with Crippen LogP contribution in [0.3, 0.4) is 0 Å². The Bertz CT molecular complexity index is 301. The summed E-state index contributed by atoms with van der Waals surface area (Å²) in [6.45, 7) is -0.524. The monoisotopic (exact) mass is 202 g/mol. The number of aliphatic hydroxyl groups is 1. The molecule has 0 fully saturated rings. The first-order valence-corrected chi connectivity index (χ1v) is 3.88. The maximum Gasteiger partial charge on any atom is 0.233 e. The molecule has 0 saturated heterocycles. The minimum atomic E-state index is -1.13. The van der Waals surface area contributed by atoms with E-state index >= 15 is 0 Å². The zero-order valence-electron chi connectivity index (χ0n) is 6.55.